The molecule has 3 nitrogen and oxygen atoms in total. The molecule has 1 heterocycles. The van der Waals surface area contributed by atoms with Gasteiger partial charge in [0.15, 0.2) is 5.13 Å². The first-order valence-electron chi connectivity index (χ1n) is 7.89. The number of nitrogens with zero attached hydrogens (tertiary/aromatic N) is 1. The molecule has 26 heavy (non-hydrogen) atoms. The average Bonchev–Trinajstić information content (AvgIpc) is 3.02. The molecule has 132 valence electrons. The third-order valence-corrected chi connectivity index (χ3v) is 5.09. The van der Waals surface area contributed by atoms with E-state index in [1.165, 1.54) is 23.0 Å². The van der Waals surface area contributed by atoms with E-state index in [0.29, 0.717) is 15.2 Å². The highest BCUT2D eigenvalue weighted by Crippen LogP contribution is 2.28. The van der Waals surface area contributed by atoms with E-state index in [9.17, 15) is 4.79 Å². The molecule has 0 unspecified atom stereocenters. The van der Waals surface area contributed by atoms with Crippen molar-refractivity contribution in [3.8, 4) is 11.3 Å². The maximum absolute atomic E-state index is 12.1. The molecule has 0 aliphatic heterocycles. The first-order valence-corrected chi connectivity index (χ1v) is 9.53. The highest BCUT2D eigenvalue weighted by molar-refractivity contribution is 7.14. The molecule has 1 N–H and O–H groups in total. The number of carbonyl (C=O) groups excluding carboxylic acids is 1. The van der Waals surface area contributed by atoms with Gasteiger partial charge < -0.3 is 0 Å². The summed E-state index contributed by atoms with van der Waals surface area (Å²) in [6, 6.07) is 11.3. The molecule has 0 bridgehead atoms. The third-order valence-electron chi connectivity index (χ3n) is 3.77. The molecule has 0 saturated carbocycles. The van der Waals surface area contributed by atoms with E-state index in [2.05, 4.69) is 36.3 Å². The molecule has 1 amide bonds. The van der Waals surface area contributed by atoms with Crippen LogP contribution in [0.2, 0.25) is 10.0 Å². The smallest absolute Gasteiger partial charge is 0.250 e. The minimum atomic E-state index is -0.266. The summed E-state index contributed by atoms with van der Waals surface area (Å²) in [5.41, 5.74) is 5.01. The zero-order chi connectivity index (χ0) is 18.7. The van der Waals surface area contributed by atoms with Crippen LogP contribution in [0.25, 0.3) is 17.3 Å². The van der Waals surface area contributed by atoms with Gasteiger partial charge in [-0.3, -0.25) is 10.1 Å². The maximum Gasteiger partial charge on any atom is 0.250 e. The van der Waals surface area contributed by atoms with E-state index >= 15 is 0 Å². The molecular weight excluding hydrogens is 387 g/mol. The number of nitrogens with one attached hydrogen (secondary N) is 1. The van der Waals surface area contributed by atoms with Crippen molar-refractivity contribution in [2.24, 2.45) is 0 Å². The monoisotopic (exact) mass is 402 g/mol. The summed E-state index contributed by atoms with van der Waals surface area (Å²) < 4.78 is 0. The van der Waals surface area contributed by atoms with Crippen LogP contribution in [0.15, 0.2) is 47.9 Å². The maximum atomic E-state index is 12.1. The summed E-state index contributed by atoms with van der Waals surface area (Å²) in [5, 5.41) is 6.31. The Morgan fingerprint density at radius 3 is 2.69 bits per heavy atom. The van der Waals surface area contributed by atoms with Gasteiger partial charge in [-0.1, -0.05) is 53.0 Å². The number of thiazole rings is 1. The van der Waals surface area contributed by atoms with E-state index < -0.39 is 0 Å². The van der Waals surface area contributed by atoms with E-state index in [1.807, 2.05) is 11.4 Å². The zero-order valence-electron chi connectivity index (χ0n) is 14.2. The van der Waals surface area contributed by atoms with Crippen molar-refractivity contribution >= 4 is 51.7 Å². The van der Waals surface area contributed by atoms with Gasteiger partial charge in [0.2, 0.25) is 5.91 Å². The van der Waals surface area contributed by atoms with Crippen LogP contribution in [0.3, 0.4) is 0 Å². The predicted molar refractivity (Wildman–Crippen MR) is 111 cm³/mol. The molecule has 0 atom stereocenters. The van der Waals surface area contributed by atoms with E-state index in [0.717, 1.165) is 22.4 Å². The van der Waals surface area contributed by atoms with Crippen LogP contribution in [0.1, 0.15) is 16.7 Å². The molecule has 0 radical (unpaired) electrons. The number of hydrogen-bond donors (Lipinski definition) is 1. The number of halogens is 2. The average molecular weight is 403 g/mol. The van der Waals surface area contributed by atoms with Gasteiger partial charge in [-0.2, -0.15) is 0 Å². The second-order valence-corrected chi connectivity index (χ2v) is 7.55. The Bertz CT molecular complexity index is 995. The number of aryl methyl sites for hydroxylation is 2. The highest BCUT2D eigenvalue weighted by atomic mass is 35.5. The van der Waals surface area contributed by atoms with Crippen LogP contribution in [0.4, 0.5) is 5.13 Å². The van der Waals surface area contributed by atoms with Crippen LogP contribution in [0, 0.1) is 13.8 Å². The fraction of sp³-hybridized carbons (Fsp3) is 0.100. The molecular formula is C20H16Cl2N2OS. The van der Waals surface area contributed by atoms with Crippen molar-refractivity contribution < 1.29 is 4.79 Å². The van der Waals surface area contributed by atoms with Crippen molar-refractivity contribution in [3.05, 3.63) is 74.6 Å². The highest BCUT2D eigenvalue weighted by Gasteiger charge is 2.09. The minimum absolute atomic E-state index is 0.266. The van der Waals surface area contributed by atoms with E-state index in [-0.39, 0.29) is 5.91 Å². The lowest BCUT2D eigenvalue weighted by molar-refractivity contribution is -0.111. The summed E-state index contributed by atoms with van der Waals surface area (Å²) in [5.74, 6) is -0.266. The molecule has 0 aliphatic rings. The Balaban J connectivity index is 1.70. The number of aromatic nitrogens is 1. The molecule has 1 aromatic heterocycles. The SMILES string of the molecule is Cc1ccc(-c2csc(NC(=O)C=Cc3ccc(Cl)cc3Cl)n2)c(C)c1. The van der Waals surface area contributed by atoms with Crippen LogP contribution in [-0.4, -0.2) is 10.9 Å². The Morgan fingerprint density at radius 1 is 1.15 bits per heavy atom. The standard InChI is InChI=1S/C20H16Cl2N2OS/c1-12-3-7-16(13(2)9-12)18-11-26-20(23-18)24-19(25)8-5-14-4-6-15(21)10-17(14)22/h3-11H,1-2H3,(H,23,24,25). The van der Waals surface area contributed by atoms with Crippen LogP contribution >= 0.6 is 34.5 Å². The first kappa shape index (κ1) is 18.6. The Hall–Kier alpha value is -2.14. The van der Waals surface area contributed by atoms with Gasteiger partial charge in [0.05, 0.1) is 5.69 Å². The van der Waals surface area contributed by atoms with Gasteiger partial charge in [-0.05, 0) is 43.2 Å². The number of amides is 1. The fourth-order valence-corrected chi connectivity index (χ4v) is 3.69. The topological polar surface area (TPSA) is 42.0 Å². The van der Waals surface area contributed by atoms with E-state index in [1.54, 1.807) is 24.3 Å². The Labute approximate surface area is 166 Å². The van der Waals surface area contributed by atoms with Gasteiger partial charge in [0.25, 0.3) is 0 Å². The number of anilines is 1. The van der Waals surface area contributed by atoms with Gasteiger partial charge in [0, 0.05) is 27.1 Å². The van der Waals surface area contributed by atoms with Crippen molar-refractivity contribution in [1.29, 1.82) is 0 Å². The number of rotatable bonds is 4. The van der Waals surface area contributed by atoms with Crippen molar-refractivity contribution in [1.82, 2.24) is 4.98 Å². The number of hydrogen-bond acceptors (Lipinski definition) is 3. The van der Waals surface area contributed by atoms with Gasteiger partial charge in [-0.15, -0.1) is 11.3 Å². The molecule has 0 saturated heterocycles. The summed E-state index contributed by atoms with van der Waals surface area (Å²) in [4.78, 5) is 16.6. The molecule has 0 aliphatic carbocycles. The van der Waals surface area contributed by atoms with Crippen molar-refractivity contribution in [2.45, 2.75) is 13.8 Å². The lowest BCUT2D eigenvalue weighted by atomic mass is 10.0. The summed E-state index contributed by atoms with van der Waals surface area (Å²) >= 11 is 13.3. The zero-order valence-corrected chi connectivity index (χ0v) is 16.5. The number of benzene rings is 2. The third kappa shape index (κ3) is 4.52. The van der Waals surface area contributed by atoms with Crippen LogP contribution in [0.5, 0.6) is 0 Å². The van der Waals surface area contributed by atoms with Crippen LogP contribution in [-0.2, 0) is 4.79 Å². The first-order chi connectivity index (χ1) is 12.4. The normalized spacial score (nSPS) is 11.1. The number of carbonyl (C=O) groups is 1. The van der Waals surface area contributed by atoms with Crippen molar-refractivity contribution in [3.63, 3.8) is 0 Å². The summed E-state index contributed by atoms with van der Waals surface area (Å²) in [7, 11) is 0. The fourth-order valence-electron chi connectivity index (χ4n) is 2.51. The van der Waals surface area contributed by atoms with Crippen molar-refractivity contribution in [2.75, 3.05) is 5.32 Å². The molecule has 2 aromatic carbocycles. The lowest BCUT2D eigenvalue weighted by Crippen LogP contribution is -2.07. The summed E-state index contributed by atoms with van der Waals surface area (Å²) in [6.45, 7) is 4.11. The van der Waals surface area contributed by atoms with Gasteiger partial charge in [0.1, 0.15) is 0 Å². The predicted octanol–water partition coefficient (Wildman–Crippen LogP) is 6.39. The minimum Gasteiger partial charge on any atom is -0.298 e. The Morgan fingerprint density at radius 2 is 1.96 bits per heavy atom. The molecule has 6 heteroatoms. The molecule has 0 fully saturated rings. The second kappa shape index (κ2) is 8.04. The van der Waals surface area contributed by atoms with Gasteiger partial charge in [-0.25, -0.2) is 4.98 Å². The second-order valence-electron chi connectivity index (χ2n) is 5.84. The largest absolute Gasteiger partial charge is 0.298 e. The molecule has 3 aromatic rings. The van der Waals surface area contributed by atoms with E-state index in [4.69, 9.17) is 23.2 Å². The Kier molecular flexibility index (Phi) is 5.77. The summed E-state index contributed by atoms with van der Waals surface area (Å²) in [6.07, 6.45) is 3.07. The van der Waals surface area contributed by atoms with Gasteiger partial charge >= 0.3 is 0 Å². The molecule has 0 spiro atoms. The lowest BCUT2D eigenvalue weighted by Gasteiger charge is -2.03. The quantitative estimate of drug-likeness (QED) is 0.513. The van der Waals surface area contributed by atoms with Crippen LogP contribution < -0.4 is 5.32 Å². The molecule has 3 rings (SSSR count).